The molecule has 7 atom stereocenters. The summed E-state index contributed by atoms with van der Waals surface area (Å²) in [5.74, 6) is -3.44. The normalized spacial score (nSPS) is 25.0. The second-order valence-corrected chi connectivity index (χ2v) is 13.6. The third-order valence-corrected chi connectivity index (χ3v) is 10.6. The molecule has 0 saturated carbocycles. The number of ether oxygens (including phenoxy) is 2. The molecule has 3 saturated heterocycles. The Morgan fingerprint density at radius 3 is 2.55 bits per heavy atom. The van der Waals surface area contributed by atoms with E-state index in [1.165, 1.54) is 9.80 Å². The van der Waals surface area contributed by atoms with Crippen molar-refractivity contribution in [3.05, 3.63) is 90.0 Å². The molecule has 0 aliphatic carbocycles. The molecule has 1 spiro atoms. The lowest BCUT2D eigenvalue weighted by Gasteiger charge is -2.37. The number of fused-ring (bicyclic) bond motifs is 1. The summed E-state index contributed by atoms with van der Waals surface area (Å²) in [4.78, 5) is 61.1. The Hall–Kier alpha value is -3.99. The highest BCUT2D eigenvalue weighted by molar-refractivity contribution is 6.34. The van der Waals surface area contributed by atoms with Crippen LogP contribution in [0.25, 0.3) is 0 Å². The topological polar surface area (TPSA) is 117 Å². The minimum atomic E-state index is -1.28. The number of hydrogen-bond donors (Lipinski definition) is 1. The highest BCUT2D eigenvalue weighted by Gasteiger charge is 2.75. The van der Waals surface area contributed by atoms with Gasteiger partial charge in [-0.05, 0) is 56.7 Å². The number of aryl methyl sites for hydroxylation is 1. The number of carbonyl (C=O) groups is 4. The van der Waals surface area contributed by atoms with E-state index >= 15 is 0 Å². The number of halogens is 1. The first-order valence-electron chi connectivity index (χ1n) is 16.9. The van der Waals surface area contributed by atoms with E-state index in [-0.39, 0.29) is 44.4 Å². The largest absolute Gasteiger partial charge is 0.455 e. The summed E-state index contributed by atoms with van der Waals surface area (Å²) in [6, 6.07) is 13.0. The summed E-state index contributed by atoms with van der Waals surface area (Å²) in [5.41, 5.74) is 0.710. The van der Waals surface area contributed by atoms with Gasteiger partial charge in [0.2, 0.25) is 11.8 Å². The van der Waals surface area contributed by atoms with Crippen LogP contribution in [0.1, 0.15) is 56.3 Å². The number of likely N-dealkylation sites (tertiary alicyclic amines) is 1. The number of anilines is 1. The van der Waals surface area contributed by atoms with E-state index < -0.39 is 53.6 Å². The molecule has 3 fully saturated rings. The molecule has 11 heteroatoms. The number of nitrogens with zero attached hydrogens (tertiary/aromatic N) is 3. The zero-order valence-corrected chi connectivity index (χ0v) is 29.2. The zero-order chi connectivity index (χ0) is 35.5. The molecule has 49 heavy (non-hydrogen) atoms. The van der Waals surface area contributed by atoms with Crippen LogP contribution in [-0.4, -0.2) is 89.1 Å². The molecule has 5 rings (SSSR count). The number of aliphatic hydroxyl groups is 1. The molecule has 0 aromatic heterocycles. The van der Waals surface area contributed by atoms with Crippen molar-refractivity contribution in [2.75, 3.05) is 31.6 Å². The van der Waals surface area contributed by atoms with Crippen molar-refractivity contribution < 1.29 is 33.8 Å². The molecule has 0 unspecified atom stereocenters. The van der Waals surface area contributed by atoms with Crippen LogP contribution >= 0.6 is 11.6 Å². The van der Waals surface area contributed by atoms with Crippen molar-refractivity contribution in [3.63, 3.8) is 0 Å². The van der Waals surface area contributed by atoms with Gasteiger partial charge < -0.3 is 29.3 Å². The summed E-state index contributed by atoms with van der Waals surface area (Å²) < 4.78 is 12.9. The summed E-state index contributed by atoms with van der Waals surface area (Å²) in [7, 11) is 1.68. The Kier molecular flexibility index (Phi) is 11.3. The fraction of sp³-hybridized carbons (Fsp3) is 0.474. The van der Waals surface area contributed by atoms with Crippen LogP contribution in [0.4, 0.5) is 5.69 Å². The van der Waals surface area contributed by atoms with E-state index in [4.69, 9.17) is 21.1 Å². The first kappa shape index (κ1) is 36.3. The number of esters is 1. The molecule has 0 radical (unpaired) electrons. The third kappa shape index (κ3) is 6.66. The zero-order valence-electron chi connectivity index (χ0n) is 28.4. The number of amides is 3. The molecule has 2 bridgehead atoms. The fourth-order valence-corrected chi connectivity index (χ4v) is 8.16. The molecule has 3 aliphatic heterocycles. The smallest absolute Gasteiger partial charge is 0.313 e. The monoisotopic (exact) mass is 691 g/mol. The number of likely N-dealkylation sites (N-methyl/N-ethyl adjacent to an activating group) is 1. The molecule has 2 aromatic rings. The quantitative estimate of drug-likeness (QED) is 0.206. The van der Waals surface area contributed by atoms with Crippen molar-refractivity contribution in [2.24, 2.45) is 11.8 Å². The number of para-hydroxylation sites is 1. The number of carbonyl (C=O) groups excluding carboxylic acids is 4. The molecule has 2 aromatic carbocycles. The average Bonchev–Trinajstić information content (AvgIpc) is 3.74. The standard InChI is InChI=1S/C38H46ClN3O7/c1-6-8-18-29(44)40(5)25(4)33(26-15-10-9-11-16-26)48-37(47)30-28-19-20-38(49-28)31(30)35(45)42(22-13-23-43)34(38)36(46)41(21-7-2)32-24(3)14-12-17-27(32)39/h6-7,9-12,14-17,25,28,30-31,33-34,43H,1-2,8,13,18-23H2,3-5H3/t25-,28-,30+,31+,33+,34-,38+/m1/s1. The molecular weight excluding hydrogens is 646 g/mol. The van der Waals surface area contributed by atoms with Gasteiger partial charge in [-0.3, -0.25) is 19.2 Å². The van der Waals surface area contributed by atoms with Gasteiger partial charge in [-0.15, -0.1) is 13.2 Å². The van der Waals surface area contributed by atoms with Crippen molar-refractivity contribution in [3.8, 4) is 0 Å². The maximum Gasteiger partial charge on any atom is 0.313 e. The van der Waals surface area contributed by atoms with E-state index in [9.17, 15) is 24.3 Å². The van der Waals surface area contributed by atoms with Gasteiger partial charge in [0, 0.05) is 33.2 Å². The number of aliphatic hydroxyl groups excluding tert-OH is 1. The second kappa shape index (κ2) is 15.3. The minimum absolute atomic E-state index is 0.102. The number of allylic oxidation sites excluding steroid dienone is 1. The summed E-state index contributed by atoms with van der Waals surface area (Å²) in [6.45, 7) is 11.3. The van der Waals surface area contributed by atoms with Gasteiger partial charge in [0.05, 0.1) is 34.7 Å². The first-order valence-corrected chi connectivity index (χ1v) is 17.3. The van der Waals surface area contributed by atoms with Crippen LogP contribution in [0.3, 0.4) is 0 Å². The van der Waals surface area contributed by atoms with Gasteiger partial charge in [0.15, 0.2) is 0 Å². The second-order valence-electron chi connectivity index (χ2n) is 13.1. The summed E-state index contributed by atoms with van der Waals surface area (Å²) >= 11 is 6.64. The third-order valence-electron chi connectivity index (χ3n) is 10.3. The predicted octanol–water partition coefficient (Wildman–Crippen LogP) is 5.02. The molecule has 3 heterocycles. The van der Waals surface area contributed by atoms with Crippen molar-refractivity contribution in [1.82, 2.24) is 9.80 Å². The summed E-state index contributed by atoms with van der Waals surface area (Å²) in [5, 5.41) is 10.1. The van der Waals surface area contributed by atoms with Crippen LogP contribution in [-0.2, 0) is 28.7 Å². The number of benzene rings is 2. The Morgan fingerprint density at radius 2 is 1.90 bits per heavy atom. The lowest BCUT2D eigenvalue weighted by Crippen LogP contribution is -2.56. The molecule has 3 amide bonds. The Morgan fingerprint density at radius 1 is 1.16 bits per heavy atom. The predicted molar refractivity (Wildman–Crippen MR) is 187 cm³/mol. The van der Waals surface area contributed by atoms with Gasteiger partial charge in [0.1, 0.15) is 17.7 Å². The van der Waals surface area contributed by atoms with Gasteiger partial charge in [-0.25, -0.2) is 0 Å². The van der Waals surface area contributed by atoms with E-state index in [1.807, 2.05) is 50.2 Å². The highest BCUT2D eigenvalue weighted by atomic mass is 35.5. The Labute approximate surface area is 293 Å². The first-order chi connectivity index (χ1) is 23.5. The van der Waals surface area contributed by atoms with Gasteiger partial charge >= 0.3 is 5.97 Å². The Balaban J connectivity index is 1.50. The maximum atomic E-state index is 14.8. The van der Waals surface area contributed by atoms with Crippen LogP contribution in [0.15, 0.2) is 73.8 Å². The average molecular weight is 692 g/mol. The fourth-order valence-electron chi connectivity index (χ4n) is 7.84. The van der Waals surface area contributed by atoms with Crippen LogP contribution in [0.5, 0.6) is 0 Å². The molecule has 10 nitrogen and oxygen atoms in total. The van der Waals surface area contributed by atoms with Crippen molar-refractivity contribution in [1.29, 1.82) is 0 Å². The van der Waals surface area contributed by atoms with Crippen LogP contribution in [0.2, 0.25) is 5.02 Å². The molecule has 1 N–H and O–H groups in total. The van der Waals surface area contributed by atoms with E-state index in [0.29, 0.717) is 35.5 Å². The van der Waals surface area contributed by atoms with Crippen LogP contribution < -0.4 is 4.90 Å². The molecular formula is C38H46ClN3O7. The van der Waals surface area contributed by atoms with E-state index in [1.54, 1.807) is 36.2 Å². The summed E-state index contributed by atoms with van der Waals surface area (Å²) in [6.07, 6.45) is 3.70. The van der Waals surface area contributed by atoms with E-state index in [2.05, 4.69) is 13.2 Å². The van der Waals surface area contributed by atoms with Gasteiger partial charge in [-0.2, -0.15) is 0 Å². The van der Waals surface area contributed by atoms with Crippen molar-refractivity contribution >= 4 is 41.0 Å². The van der Waals surface area contributed by atoms with E-state index in [0.717, 1.165) is 5.56 Å². The SMILES string of the molecule is C=CCCC(=O)N(C)[C@H](C)[C@H](OC(=O)[C@@H]1[C@H]2C(=O)N(CCCO)[C@H](C(=O)N(CC=C)c3c(C)cccc3Cl)[C@]23CC[C@H]1O3)c1ccccc1. The number of hydrogen-bond acceptors (Lipinski definition) is 7. The Bertz CT molecular complexity index is 1560. The van der Waals surface area contributed by atoms with Gasteiger partial charge in [-0.1, -0.05) is 66.2 Å². The lowest BCUT2D eigenvalue weighted by atomic mass is 9.70. The van der Waals surface area contributed by atoms with Crippen LogP contribution in [0, 0.1) is 18.8 Å². The lowest BCUT2D eigenvalue weighted by molar-refractivity contribution is -0.164. The molecule has 262 valence electrons. The minimum Gasteiger partial charge on any atom is -0.455 e. The van der Waals surface area contributed by atoms with Crippen molar-refractivity contribution in [2.45, 2.75) is 75.8 Å². The highest BCUT2D eigenvalue weighted by Crippen LogP contribution is 2.59. The van der Waals surface area contributed by atoms with Gasteiger partial charge in [0.25, 0.3) is 5.91 Å². The maximum absolute atomic E-state index is 14.8. The molecule has 3 aliphatic rings. The number of rotatable bonds is 15.